The lowest BCUT2D eigenvalue weighted by atomic mass is 10.1. The molecule has 0 bridgehead atoms. The number of hydrogen-bond acceptors (Lipinski definition) is 6. The molecule has 0 saturated carbocycles. The van der Waals surface area contributed by atoms with Crippen LogP contribution in [0.5, 0.6) is 0 Å². The molecule has 0 aliphatic heterocycles. The number of nitrogens with one attached hydrogen (secondary N) is 3. The number of thiophene rings is 1. The predicted molar refractivity (Wildman–Crippen MR) is 119 cm³/mol. The average molecular weight is 436 g/mol. The van der Waals surface area contributed by atoms with E-state index in [1.54, 1.807) is 26.0 Å². The van der Waals surface area contributed by atoms with Crippen LogP contribution in [0.4, 0.5) is 10.5 Å². The number of aromatic amines is 1. The van der Waals surface area contributed by atoms with Gasteiger partial charge < -0.3 is 15.4 Å². The van der Waals surface area contributed by atoms with E-state index in [2.05, 4.69) is 25.8 Å². The van der Waals surface area contributed by atoms with E-state index in [9.17, 15) is 9.59 Å². The van der Waals surface area contributed by atoms with Crippen LogP contribution >= 0.6 is 11.3 Å². The van der Waals surface area contributed by atoms with E-state index < -0.39 is 12.1 Å². The average Bonchev–Trinajstić information content (AvgIpc) is 3.39. The molecular weight excluding hydrogens is 414 g/mol. The number of carbonyl (C=O) groups excluding carboxylic acids is 2. The van der Waals surface area contributed by atoms with Gasteiger partial charge in [-0.1, -0.05) is 30.3 Å². The van der Waals surface area contributed by atoms with Gasteiger partial charge in [0.1, 0.15) is 16.7 Å². The van der Waals surface area contributed by atoms with Gasteiger partial charge in [-0.2, -0.15) is 5.10 Å². The molecule has 0 radical (unpaired) electrons. The minimum absolute atomic E-state index is 0.326. The summed E-state index contributed by atoms with van der Waals surface area (Å²) >= 11 is 1.36. The molecule has 0 aliphatic rings. The summed E-state index contributed by atoms with van der Waals surface area (Å²) in [7, 11) is 0. The molecule has 2 aromatic heterocycles. The lowest BCUT2D eigenvalue weighted by Crippen LogP contribution is -2.33. The Bertz CT molecular complexity index is 1220. The van der Waals surface area contributed by atoms with Gasteiger partial charge in [-0.25, -0.2) is 14.6 Å². The molecule has 0 aliphatic carbocycles. The SMILES string of the molecule is CCOC(=O)c1cc2cc(NC(=O)NC(c3ccccc3)c3n[nH]c(C)n3)ccc2s1. The van der Waals surface area contributed by atoms with E-state index in [-0.39, 0.29) is 5.97 Å². The van der Waals surface area contributed by atoms with Crippen LogP contribution in [0.3, 0.4) is 0 Å². The van der Waals surface area contributed by atoms with Gasteiger partial charge in [0.2, 0.25) is 0 Å². The summed E-state index contributed by atoms with van der Waals surface area (Å²) in [6.07, 6.45) is 0. The second kappa shape index (κ2) is 8.97. The Hall–Kier alpha value is -3.72. The van der Waals surface area contributed by atoms with Crippen molar-refractivity contribution in [3.63, 3.8) is 0 Å². The molecule has 0 spiro atoms. The highest BCUT2D eigenvalue weighted by Gasteiger charge is 2.21. The normalized spacial score (nSPS) is 11.8. The molecule has 4 rings (SSSR count). The van der Waals surface area contributed by atoms with Gasteiger partial charge in [-0.3, -0.25) is 5.10 Å². The quantitative estimate of drug-likeness (QED) is 0.389. The summed E-state index contributed by atoms with van der Waals surface area (Å²) in [5, 5.41) is 13.7. The van der Waals surface area contributed by atoms with Crippen LogP contribution in [0.15, 0.2) is 54.6 Å². The minimum Gasteiger partial charge on any atom is -0.462 e. The number of aryl methyl sites for hydroxylation is 1. The number of nitrogens with zero attached hydrogens (tertiary/aromatic N) is 2. The zero-order valence-electron chi connectivity index (χ0n) is 17.0. The summed E-state index contributed by atoms with van der Waals surface area (Å²) in [6.45, 7) is 3.90. The predicted octanol–water partition coefficient (Wildman–Crippen LogP) is 4.42. The first-order chi connectivity index (χ1) is 15.0. The zero-order chi connectivity index (χ0) is 21.8. The third kappa shape index (κ3) is 4.72. The van der Waals surface area contributed by atoms with Crippen molar-refractivity contribution in [2.45, 2.75) is 19.9 Å². The largest absolute Gasteiger partial charge is 0.462 e. The van der Waals surface area contributed by atoms with E-state index in [4.69, 9.17) is 4.74 Å². The molecule has 31 heavy (non-hydrogen) atoms. The third-order valence-corrected chi connectivity index (χ3v) is 5.63. The summed E-state index contributed by atoms with van der Waals surface area (Å²) in [4.78, 5) is 29.6. The topological polar surface area (TPSA) is 109 Å². The number of amides is 2. The van der Waals surface area contributed by atoms with Crippen molar-refractivity contribution >= 4 is 39.1 Å². The lowest BCUT2D eigenvalue weighted by Gasteiger charge is -2.17. The summed E-state index contributed by atoms with van der Waals surface area (Å²) in [6, 6.07) is 15.9. The summed E-state index contributed by atoms with van der Waals surface area (Å²) < 4.78 is 6.00. The standard InChI is InChI=1S/C22H21N5O3S/c1-3-30-21(28)18-12-15-11-16(9-10-17(15)31-18)24-22(29)25-19(14-7-5-4-6-8-14)20-23-13(2)26-27-20/h4-12,19H,3H2,1-2H3,(H,23,26,27)(H2,24,25,29). The van der Waals surface area contributed by atoms with Crippen molar-refractivity contribution in [3.05, 3.63) is 76.7 Å². The highest BCUT2D eigenvalue weighted by atomic mass is 32.1. The van der Waals surface area contributed by atoms with Gasteiger partial charge in [0.25, 0.3) is 0 Å². The Labute approximate surface area is 182 Å². The van der Waals surface area contributed by atoms with Gasteiger partial charge in [0, 0.05) is 10.4 Å². The maximum absolute atomic E-state index is 12.8. The first-order valence-corrected chi connectivity index (χ1v) is 10.6. The van der Waals surface area contributed by atoms with Crippen LogP contribution in [-0.4, -0.2) is 33.8 Å². The highest BCUT2D eigenvalue weighted by Crippen LogP contribution is 2.29. The smallest absolute Gasteiger partial charge is 0.348 e. The van der Waals surface area contributed by atoms with Gasteiger partial charge in [-0.05, 0) is 49.1 Å². The molecule has 9 heteroatoms. The fraction of sp³-hybridized carbons (Fsp3) is 0.182. The van der Waals surface area contributed by atoms with Crippen LogP contribution in [0, 0.1) is 6.92 Å². The molecule has 3 N–H and O–H groups in total. The second-order valence-corrected chi connectivity index (χ2v) is 7.89. The van der Waals surface area contributed by atoms with Gasteiger partial charge >= 0.3 is 12.0 Å². The van der Waals surface area contributed by atoms with Crippen LogP contribution in [0.25, 0.3) is 10.1 Å². The number of esters is 1. The summed E-state index contributed by atoms with van der Waals surface area (Å²) in [5.41, 5.74) is 1.47. The first-order valence-electron chi connectivity index (χ1n) is 9.75. The van der Waals surface area contributed by atoms with E-state index in [1.807, 2.05) is 42.5 Å². The Morgan fingerprint density at radius 1 is 1.16 bits per heavy atom. The molecule has 1 atom stereocenters. The first kappa shape index (κ1) is 20.5. The number of benzene rings is 2. The maximum atomic E-state index is 12.8. The maximum Gasteiger partial charge on any atom is 0.348 e. The van der Waals surface area contributed by atoms with Crippen molar-refractivity contribution in [1.29, 1.82) is 0 Å². The molecule has 158 valence electrons. The number of hydrogen-bond donors (Lipinski definition) is 3. The monoisotopic (exact) mass is 435 g/mol. The van der Waals surface area contributed by atoms with Gasteiger partial charge in [0.05, 0.1) is 6.61 Å². The number of H-pyrrole nitrogens is 1. The number of fused-ring (bicyclic) bond motifs is 1. The molecule has 2 heterocycles. The van der Waals surface area contributed by atoms with Gasteiger partial charge in [-0.15, -0.1) is 11.3 Å². The van der Waals surface area contributed by atoms with Crippen LogP contribution in [-0.2, 0) is 4.74 Å². The second-order valence-electron chi connectivity index (χ2n) is 6.80. The van der Waals surface area contributed by atoms with Gasteiger partial charge in [0.15, 0.2) is 5.82 Å². The van der Waals surface area contributed by atoms with Crippen LogP contribution in [0.2, 0.25) is 0 Å². The number of carbonyl (C=O) groups is 2. The number of rotatable bonds is 6. The van der Waals surface area contributed by atoms with Crippen molar-refractivity contribution < 1.29 is 14.3 Å². The Kier molecular flexibility index (Phi) is 5.94. The van der Waals surface area contributed by atoms with E-state index >= 15 is 0 Å². The fourth-order valence-electron chi connectivity index (χ4n) is 3.15. The zero-order valence-corrected chi connectivity index (χ0v) is 17.8. The number of aromatic nitrogens is 3. The Balaban J connectivity index is 1.52. The molecule has 8 nitrogen and oxygen atoms in total. The third-order valence-electron chi connectivity index (χ3n) is 4.53. The highest BCUT2D eigenvalue weighted by molar-refractivity contribution is 7.20. The lowest BCUT2D eigenvalue weighted by molar-refractivity contribution is 0.0532. The van der Waals surface area contributed by atoms with Crippen molar-refractivity contribution in [2.24, 2.45) is 0 Å². The molecule has 2 aromatic carbocycles. The Morgan fingerprint density at radius 3 is 2.68 bits per heavy atom. The molecule has 0 saturated heterocycles. The number of urea groups is 1. The molecule has 1 unspecified atom stereocenters. The molecular formula is C22H21N5O3S. The number of anilines is 1. The van der Waals surface area contributed by atoms with Crippen molar-refractivity contribution in [1.82, 2.24) is 20.5 Å². The van der Waals surface area contributed by atoms with E-state index in [0.29, 0.717) is 28.8 Å². The van der Waals surface area contributed by atoms with E-state index in [0.717, 1.165) is 15.6 Å². The number of ether oxygens (including phenoxy) is 1. The van der Waals surface area contributed by atoms with E-state index in [1.165, 1.54) is 11.3 Å². The Morgan fingerprint density at radius 2 is 1.97 bits per heavy atom. The van der Waals surface area contributed by atoms with Crippen molar-refractivity contribution in [2.75, 3.05) is 11.9 Å². The molecule has 2 amide bonds. The molecule has 0 fully saturated rings. The van der Waals surface area contributed by atoms with Crippen LogP contribution < -0.4 is 10.6 Å². The fourth-order valence-corrected chi connectivity index (χ4v) is 4.09. The van der Waals surface area contributed by atoms with Crippen molar-refractivity contribution in [3.8, 4) is 0 Å². The summed E-state index contributed by atoms with van der Waals surface area (Å²) in [5.74, 6) is 0.799. The minimum atomic E-state index is -0.508. The van der Waals surface area contributed by atoms with Crippen LogP contribution in [0.1, 0.15) is 39.8 Å². The molecule has 4 aromatic rings.